The molecule has 2 N–H and O–H groups in total. The maximum atomic E-state index is 12.9. The molecule has 2 amide bonds. The molecule has 1 rings (SSSR count). The molecular weight excluding hydrogens is 576 g/mol. The Morgan fingerprint density at radius 2 is 1.13 bits per heavy atom. The third-order valence-electron chi connectivity index (χ3n) is 7.06. The van der Waals surface area contributed by atoms with E-state index in [1.165, 1.54) is 96.3 Å². The van der Waals surface area contributed by atoms with Crippen molar-refractivity contribution in [3.05, 3.63) is 49.1 Å². The van der Waals surface area contributed by atoms with Crippen molar-refractivity contribution in [1.82, 2.24) is 10.6 Å². The van der Waals surface area contributed by atoms with E-state index in [0.29, 0.717) is 12.0 Å². The van der Waals surface area contributed by atoms with Crippen LogP contribution in [0.1, 0.15) is 110 Å². The van der Waals surface area contributed by atoms with Gasteiger partial charge in [0.1, 0.15) is 25.3 Å². The van der Waals surface area contributed by atoms with E-state index in [-0.39, 0.29) is 24.7 Å². The van der Waals surface area contributed by atoms with Gasteiger partial charge in [0.25, 0.3) is 0 Å². The second-order valence-corrected chi connectivity index (χ2v) is 11.1. The smallest absolute Gasteiger partial charge is 0.408 e. The molecule has 0 bridgehead atoms. The van der Waals surface area contributed by atoms with Gasteiger partial charge in [-0.3, -0.25) is 0 Å². The first kappa shape index (κ1) is 39.2. The Bertz CT molecular complexity index is 1060. The van der Waals surface area contributed by atoms with Crippen molar-refractivity contribution in [1.29, 1.82) is 0 Å². The van der Waals surface area contributed by atoms with Crippen molar-refractivity contribution < 1.29 is 38.1 Å². The highest BCUT2D eigenvalue weighted by Gasteiger charge is 2.25. The first-order valence-corrected chi connectivity index (χ1v) is 16.4. The molecule has 0 aliphatic heterocycles. The summed E-state index contributed by atoms with van der Waals surface area (Å²) in [6.45, 7) is 12.1. The number of benzene rings is 1. The van der Waals surface area contributed by atoms with E-state index in [9.17, 15) is 19.2 Å². The van der Waals surface area contributed by atoms with Gasteiger partial charge in [0.15, 0.2) is 11.5 Å². The summed E-state index contributed by atoms with van der Waals surface area (Å²) in [7, 11) is 0. The van der Waals surface area contributed by atoms with Gasteiger partial charge in [-0.2, -0.15) is 0 Å². The largest absolute Gasteiger partial charge is 0.445 e. The van der Waals surface area contributed by atoms with Crippen LogP contribution in [0, 0.1) is 0 Å². The standard InChI is InChI=1S/C35H54N2O8/c1-6-9-10-11-12-13-14-15-16-17-18-19-20-22-29-23-21-24-30(44-32(38)27(4)36-34(40)42-25-7-2)31(29)45-33(39)28(5)37-35(41)43-26-8-3/h7-8,21,23-24,27-28H,2-3,6,9-20,22,25-26H2,1,4-5H3,(H,36,40)(H,37,41)/t27-,28-/m0/s1. The van der Waals surface area contributed by atoms with Gasteiger partial charge < -0.3 is 29.6 Å². The van der Waals surface area contributed by atoms with Crippen LogP contribution in [0.2, 0.25) is 0 Å². The fraction of sp³-hybridized carbons (Fsp3) is 0.600. The molecule has 0 aliphatic rings. The van der Waals surface area contributed by atoms with Crippen LogP contribution in [0.25, 0.3) is 0 Å². The van der Waals surface area contributed by atoms with Crippen LogP contribution in [0.15, 0.2) is 43.5 Å². The second-order valence-electron chi connectivity index (χ2n) is 11.1. The zero-order chi connectivity index (χ0) is 33.3. The molecule has 10 nitrogen and oxygen atoms in total. The van der Waals surface area contributed by atoms with Gasteiger partial charge in [0.2, 0.25) is 0 Å². The Kier molecular flexibility index (Phi) is 21.3. The lowest BCUT2D eigenvalue weighted by atomic mass is 10.0. The first-order valence-electron chi connectivity index (χ1n) is 16.4. The normalized spacial score (nSPS) is 11.9. The summed E-state index contributed by atoms with van der Waals surface area (Å²) in [5.41, 5.74) is 0.684. The summed E-state index contributed by atoms with van der Waals surface area (Å²) in [5.74, 6) is -1.43. The van der Waals surface area contributed by atoms with Gasteiger partial charge in [0, 0.05) is 0 Å². The van der Waals surface area contributed by atoms with Gasteiger partial charge in [-0.05, 0) is 38.3 Å². The number of para-hydroxylation sites is 1. The Morgan fingerprint density at radius 3 is 1.60 bits per heavy atom. The quantitative estimate of drug-likeness (QED) is 0.0514. The number of hydrogen-bond acceptors (Lipinski definition) is 8. The molecule has 10 heteroatoms. The molecule has 45 heavy (non-hydrogen) atoms. The zero-order valence-corrected chi connectivity index (χ0v) is 27.5. The summed E-state index contributed by atoms with van der Waals surface area (Å²) in [6.07, 6.45) is 17.8. The molecule has 2 atom stereocenters. The topological polar surface area (TPSA) is 129 Å². The second kappa shape index (κ2) is 24.5. The number of carbonyl (C=O) groups excluding carboxylic acids is 4. The average molecular weight is 631 g/mol. The molecule has 252 valence electrons. The van der Waals surface area contributed by atoms with Crippen LogP contribution < -0.4 is 20.1 Å². The number of alkyl carbamates (subject to hydrolysis) is 2. The number of amides is 2. The highest BCUT2D eigenvalue weighted by Crippen LogP contribution is 2.33. The van der Waals surface area contributed by atoms with Gasteiger partial charge in [-0.15, -0.1) is 0 Å². The maximum absolute atomic E-state index is 12.9. The molecule has 0 saturated carbocycles. The molecule has 0 spiro atoms. The van der Waals surface area contributed by atoms with E-state index in [0.717, 1.165) is 19.3 Å². The maximum Gasteiger partial charge on any atom is 0.408 e. The number of aryl methyl sites for hydroxylation is 1. The van der Waals surface area contributed by atoms with Crippen molar-refractivity contribution in [3.63, 3.8) is 0 Å². The molecule has 0 fully saturated rings. The molecular formula is C35H54N2O8. The number of hydrogen-bond donors (Lipinski definition) is 2. The number of rotatable bonds is 24. The Labute approximate surface area is 269 Å². The monoisotopic (exact) mass is 630 g/mol. The molecule has 0 saturated heterocycles. The molecule has 0 heterocycles. The number of unbranched alkanes of at least 4 members (excludes halogenated alkanes) is 12. The summed E-state index contributed by atoms with van der Waals surface area (Å²) < 4.78 is 21.0. The lowest BCUT2D eigenvalue weighted by molar-refractivity contribution is -0.139. The zero-order valence-electron chi connectivity index (χ0n) is 27.5. The van der Waals surface area contributed by atoms with Crippen molar-refractivity contribution >= 4 is 24.1 Å². The molecule has 1 aromatic rings. The lowest BCUT2D eigenvalue weighted by Crippen LogP contribution is -2.42. The molecule has 0 unspecified atom stereocenters. The Balaban J connectivity index is 2.79. The van der Waals surface area contributed by atoms with Gasteiger partial charge >= 0.3 is 24.1 Å². The molecule has 0 radical (unpaired) electrons. The predicted molar refractivity (Wildman–Crippen MR) is 175 cm³/mol. The van der Waals surface area contributed by atoms with Crippen molar-refractivity contribution in [2.45, 2.75) is 123 Å². The Morgan fingerprint density at radius 1 is 0.689 bits per heavy atom. The SMILES string of the molecule is C=CCOC(=O)N[C@@H](C)C(=O)Oc1cccc(CCCCCCCCCCCCCCC)c1OC(=O)[C@H](C)NC(=O)OCC=C. The molecule has 1 aromatic carbocycles. The average Bonchev–Trinajstić information content (AvgIpc) is 3.02. The van der Waals surface area contributed by atoms with E-state index in [1.54, 1.807) is 6.07 Å². The van der Waals surface area contributed by atoms with Crippen molar-refractivity contribution in [2.24, 2.45) is 0 Å². The van der Waals surface area contributed by atoms with Crippen molar-refractivity contribution in [3.8, 4) is 11.5 Å². The van der Waals surface area contributed by atoms with E-state index in [4.69, 9.17) is 18.9 Å². The van der Waals surface area contributed by atoms with Gasteiger partial charge in [-0.25, -0.2) is 19.2 Å². The third kappa shape index (κ3) is 17.9. The van der Waals surface area contributed by atoms with Gasteiger partial charge in [0.05, 0.1) is 0 Å². The highest BCUT2D eigenvalue weighted by atomic mass is 16.6. The predicted octanol–water partition coefficient (Wildman–Crippen LogP) is 7.73. The fourth-order valence-corrected chi connectivity index (χ4v) is 4.50. The molecule has 0 aromatic heterocycles. The minimum atomic E-state index is -1.05. The summed E-state index contributed by atoms with van der Waals surface area (Å²) >= 11 is 0. The Hall–Kier alpha value is -3.82. The summed E-state index contributed by atoms with van der Waals surface area (Å²) in [5, 5.41) is 4.79. The number of carbonyl (C=O) groups is 4. The van der Waals surface area contributed by atoms with Crippen LogP contribution in [0.4, 0.5) is 9.59 Å². The van der Waals surface area contributed by atoms with E-state index in [1.807, 2.05) is 6.07 Å². The van der Waals surface area contributed by atoms with Crippen molar-refractivity contribution in [2.75, 3.05) is 13.2 Å². The van der Waals surface area contributed by atoms with Crippen LogP contribution in [-0.4, -0.2) is 49.4 Å². The summed E-state index contributed by atoms with van der Waals surface area (Å²) in [6, 6.07) is 2.94. The minimum absolute atomic E-state index is 0.0109. The van der Waals surface area contributed by atoms with Crippen LogP contribution in [0.5, 0.6) is 11.5 Å². The molecule has 0 aliphatic carbocycles. The number of ether oxygens (including phenoxy) is 4. The number of esters is 2. The van der Waals surface area contributed by atoms with E-state index < -0.39 is 36.2 Å². The van der Waals surface area contributed by atoms with Crippen LogP contribution >= 0.6 is 0 Å². The lowest BCUT2D eigenvalue weighted by Gasteiger charge is -2.19. The van der Waals surface area contributed by atoms with Gasteiger partial charge in [-0.1, -0.05) is 121 Å². The minimum Gasteiger partial charge on any atom is -0.445 e. The van der Waals surface area contributed by atoms with Crippen LogP contribution in [0.3, 0.4) is 0 Å². The van der Waals surface area contributed by atoms with E-state index >= 15 is 0 Å². The van der Waals surface area contributed by atoms with E-state index in [2.05, 4.69) is 30.7 Å². The number of nitrogens with one attached hydrogen (secondary N) is 2. The summed E-state index contributed by atoms with van der Waals surface area (Å²) in [4.78, 5) is 49.5. The fourth-order valence-electron chi connectivity index (χ4n) is 4.50. The van der Waals surface area contributed by atoms with Crippen LogP contribution in [-0.2, 0) is 25.5 Å². The first-order chi connectivity index (χ1) is 21.7. The highest BCUT2D eigenvalue weighted by molar-refractivity contribution is 5.85. The third-order valence-corrected chi connectivity index (χ3v) is 7.06.